The predicted molar refractivity (Wildman–Crippen MR) is 73.3 cm³/mol. The standard InChI is InChI=1S/C14H21N3O4/c1-3-20-14(19)11-6-8-17(9-7-11)13(18)5-4-12-15-10(2)16-21-12/h11H,3-9H2,1-2H3. The summed E-state index contributed by atoms with van der Waals surface area (Å²) in [6.07, 6.45) is 2.15. The molecule has 1 aromatic rings. The zero-order valence-electron chi connectivity index (χ0n) is 12.5. The summed E-state index contributed by atoms with van der Waals surface area (Å²) in [7, 11) is 0. The number of carbonyl (C=O) groups excluding carboxylic acids is 2. The molecule has 116 valence electrons. The zero-order valence-corrected chi connectivity index (χ0v) is 12.5. The summed E-state index contributed by atoms with van der Waals surface area (Å²) >= 11 is 0. The molecule has 0 aromatic carbocycles. The SMILES string of the molecule is CCOC(=O)C1CCN(C(=O)CCc2nc(C)no2)CC1. The van der Waals surface area contributed by atoms with Crippen LogP contribution in [0.1, 0.15) is 37.9 Å². The van der Waals surface area contributed by atoms with Crippen LogP contribution in [0.4, 0.5) is 0 Å². The van der Waals surface area contributed by atoms with Crippen LogP contribution in [-0.2, 0) is 20.7 Å². The van der Waals surface area contributed by atoms with Crippen molar-refractivity contribution in [2.45, 2.75) is 39.5 Å². The molecule has 7 heteroatoms. The van der Waals surface area contributed by atoms with Crippen molar-refractivity contribution in [3.05, 3.63) is 11.7 Å². The first-order valence-corrected chi connectivity index (χ1v) is 7.33. The molecule has 0 spiro atoms. The quantitative estimate of drug-likeness (QED) is 0.756. The molecule has 0 unspecified atom stereocenters. The molecule has 2 rings (SSSR count). The Hall–Kier alpha value is -1.92. The topological polar surface area (TPSA) is 85.5 Å². The van der Waals surface area contributed by atoms with Gasteiger partial charge in [-0.05, 0) is 26.7 Å². The van der Waals surface area contributed by atoms with Gasteiger partial charge in [-0.3, -0.25) is 9.59 Å². The van der Waals surface area contributed by atoms with Crippen LogP contribution in [-0.4, -0.2) is 46.6 Å². The van der Waals surface area contributed by atoms with Crippen LogP contribution in [0.25, 0.3) is 0 Å². The zero-order chi connectivity index (χ0) is 15.2. The molecule has 1 aromatic heterocycles. The molecule has 0 bridgehead atoms. The van der Waals surface area contributed by atoms with Gasteiger partial charge in [0.15, 0.2) is 5.82 Å². The molecule has 1 fully saturated rings. The summed E-state index contributed by atoms with van der Waals surface area (Å²) < 4.78 is 10.00. The number of aryl methyl sites for hydroxylation is 2. The minimum absolute atomic E-state index is 0.0631. The lowest BCUT2D eigenvalue weighted by Crippen LogP contribution is -2.40. The van der Waals surface area contributed by atoms with Gasteiger partial charge in [0.1, 0.15) is 0 Å². The van der Waals surface area contributed by atoms with Gasteiger partial charge in [0.05, 0.1) is 12.5 Å². The Morgan fingerprint density at radius 2 is 2.10 bits per heavy atom. The highest BCUT2D eigenvalue weighted by Gasteiger charge is 2.28. The Kier molecular flexibility index (Phi) is 5.30. The van der Waals surface area contributed by atoms with Crippen LogP contribution in [0.2, 0.25) is 0 Å². The van der Waals surface area contributed by atoms with Crippen molar-refractivity contribution < 1.29 is 18.8 Å². The van der Waals surface area contributed by atoms with Gasteiger partial charge >= 0.3 is 5.97 Å². The van der Waals surface area contributed by atoms with Gasteiger partial charge < -0.3 is 14.2 Å². The fourth-order valence-corrected chi connectivity index (χ4v) is 2.44. The lowest BCUT2D eigenvalue weighted by atomic mass is 9.97. The second-order valence-corrected chi connectivity index (χ2v) is 5.14. The van der Waals surface area contributed by atoms with Crippen LogP contribution in [0.15, 0.2) is 4.52 Å². The molecule has 1 saturated heterocycles. The van der Waals surface area contributed by atoms with Gasteiger partial charge in [-0.2, -0.15) is 4.98 Å². The van der Waals surface area contributed by atoms with E-state index in [1.807, 2.05) is 0 Å². The molecular formula is C14H21N3O4. The summed E-state index contributed by atoms with van der Waals surface area (Å²) in [6.45, 7) is 5.16. The Balaban J connectivity index is 1.74. The molecule has 21 heavy (non-hydrogen) atoms. The van der Waals surface area contributed by atoms with Crippen LogP contribution >= 0.6 is 0 Å². The van der Waals surface area contributed by atoms with Crippen molar-refractivity contribution >= 4 is 11.9 Å². The lowest BCUT2D eigenvalue weighted by molar-refractivity contribution is -0.151. The first-order chi connectivity index (χ1) is 10.1. The molecule has 0 atom stereocenters. The summed E-state index contributed by atoms with van der Waals surface area (Å²) in [4.78, 5) is 29.6. The molecule has 0 radical (unpaired) electrons. The second kappa shape index (κ2) is 7.19. The van der Waals surface area contributed by atoms with Crippen molar-refractivity contribution in [2.24, 2.45) is 5.92 Å². The van der Waals surface area contributed by atoms with Crippen LogP contribution in [0.3, 0.4) is 0 Å². The smallest absolute Gasteiger partial charge is 0.309 e. The number of rotatable bonds is 5. The number of amides is 1. The van der Waals surface area contributed by atoms with E-state index in [9.17, 15) is 9.59 Å². The first-order valence-electron chi connectivity index (χ1n) is 7.33. The largest absolute Gasteiger partial charge is 0.466 e. The number of likely N-dealkylation sites (tertiary alicyclic amines) is 1. The van der Waals surface area contributed by atoms with E-state index < -0.39 is 0 Å². The van der Waals surface area contributed by atoms with Crippen LogP contribution in [0.5, 0.6) is 0 Å². The van der Waals surface area contributed by atoms with Gasteiger partial charge in [-0.25, -0.2) is 0 Å². The van der Waals surface area contributed by atoms with Crippen molar-refractivity contribution in [1.82, 2.24) is 15.0 Å². The number of nitrogens with zero attached hydrogens (tertiary/aromatic N) is 3. The maximum atomic E-state index is 12.1. The van der Waals surface area contributed by atoms with Gasteiger partial charge in [-0.1, -0.05) is 5.16 Å². The maximum absolute atomic E-state index is 12.1. The third-order valence-corrected chi connectivity index (χ3v) is 3.59. The van der Waals surface area contributed by atoms with E-state index in [2.05, 4.69) is 10.1 Å². The number of carbonyl (C=O) groups is 2. The average molecular weight is 295 g/mol. The molecule has 0 aliphatic carbocycles. The number of aromatic nitrogens is 2. The number of piperidine rings is 1. The fourth-order valence-electron chi connectivity index (χ4n) is 2.44. The number of hydrogen-bond donors (Lipinski definition) is 0. The summed E-state index contributed by atoms with van der Waals surface area (Å²) in [5.74, 6) is 0.904. The minimum atomic E-state index is -0.147. The van der Waals surface area contributed by atoms with Gasteiger partial charge in [0.2, 0.25) is 11.8 Å². The van der Waals surface area contributed by atoms with Gasteiger partial charge in [-0.15, -0.1) is 0 Å². The molecular weight excluding hydrogens is 274 g/mol. The van der Waals surface area contributed by atoms with Gasteiger partial charge in [0.25, 0.3) is 0 Å². The predicted octanol–water partition coefficient (Wildman–Crippen LogP) is 1.11. The first kappa shape index (κ1) is 15.5. The molecule has 1 aliphatic heterocycles. The third-order valence-electron chi connectivity index (χ3n) is 3.59. The van der Waals surface area contributed by atoms with Crippen LogP contribution < -0.4 is 0 Å². The summed E-state index contributed by atoms with van der Waals surface area (Å²) in [5, 5.41) is 3.69. The number of esters is 1. The lowest BCUT2D eigenvalue weighted by Gasteiger charge is -2.30. The fraction of sp³-hybridized carbons (Fsp3) is 0.714. The van der Waals surface area contributed by atoms with E-state index in [1.165, 1.54) is 0 Å². The molecule has 0 saturated carbocycles. The van der Waals surface area contributed by atoms with E-state index in [-0.39, 0.29) is 17.8 Å². The summed E-state index contributed by atoms with van der Waals surface area (Å²) in [6, 6.07) is 0. The molecule has 2 heterocycles. The van der Waals surface area contributed by atoms with E-state index in [0.29, 0.717) is 57.1 Å². The maximum Gasteiger partial charge on any atom is 0.309 e. The van der Waals surface area contributed by atoms with E-state index in [0.717, 1.165) is 0 Å². The number of ether oxygens (including phenoxy) is 1. The Bertz CT molecular complexity index is 492. The normalized spacial score (nSPS) is 16.0. The molecule has 0 N–H and O–H groups in total. The Labute approximate surface area is 123 Å². The number of hydrogen-bond acceptors (Lipinski definition) is 6. The van der Waals surface area contributed by atoms with Crippen molar-refractivity contribution in [2.75, 3.05) is 19.7 Å². The third kappa shape index (κ3) is 4.27. The van der Waals surface area contributed by atoms with E-state index in [4.69, 9.17) is 9.26 Å². The molecule has 1 amide bonds. The Morgan fingerprint density at radius 1 is 1.38 bits per heavy atom. The van der Waals surface area contributed by atoms with Crippen molar-refractivity contribution in [1.29, 1.82) is 0 Å². The summed E-state index contributed by atoms with van der Waals surface area (Å²) in [5.41, 5.74) is 0. The van der Waals surface area contributed by atoms with Crippen LogP contribution in [0, 0.1) is 12.8 Å². The highest BCUT2D eigenvalue weighted by Crippen LogP contribution is 2.19. The molecule has 1 aliphatic rings. The van der Waals surface area contributed by atoms with E-state index in [1.54, 1.807) is 18.7 Å². The highest BCUT2D eigenvalue weighted by molar-refractivity contribution is 5.77. The second-order valence-electron chi connectivity index (χ2n) is 5.14. The van der Waals surface area contributed by atoms with Gasteiger partial charge in [0, 0.05) is 25.9 Å². The highest BCUT2D eigenvalue weighted by atomic mass is 16.5. The Morgan fingerprint density at radius 3 is 2.67 bits per heavy atom. The average Bonchev–Trinajstić information content (AvgIpc) is 2.91. The minimum Gasteiger partial charge on any atom is -0.466 e. The van der Waals surface area contributed by atoms with E-state index >= 15 is 0 Å². The van der Waals surface area contributed by atoms with Crippen molar-refractivity contribution in [3.8, 4) is 0 Å². The monoisotopic (exact) mass is 295 g/mol. The molecule has 7 nitrogen and oxygen atoms in total. The van der Waals surface area contributed by atoms with Crippen molar-refractivity contribution in [3.63, 3.8) is 0 Å².